The Morgan fingerprint density at radius 3 is 2.55 bits per heavy atom. The number of halogens is 3. The van der Waals surface area contributed by atoms with Crippen molar-refractivity contribution < 1.29 is 18.0 Å². The van der Waals surface area contributed by atoms with Crippen LogP contribution in [0.3, 0.4) is 0 Å². The fourth-order valence-corrected chi connectivity index (χ4v) is 3.49. The van der Waals surface area contributed by atoms with Crippen molar-refractivity contribution in [1.29, 1.82) is 0 Å². The van der Waals surface area contributed by atoms with Gasteiger partial charge in [-0.15, -0.1) is 0 Å². The first-order chi connectivity index (χ1) is 14.8. The fraction of sp³-hybridized carbons (Fsp3) is 0.0833. The average Bonchev–Trinajstić information content (AvgIpc) is 2.75. The predicted molar refractivity (Wildman–Crippen MR) is 115 cm³/mol. The number of nitrogens with two attached hydrogens (primary N) is 1. The monoisotopic (exact) mass is 421 g/mol. The topological polar surface area (TPSA) is 68.0 Å². The van der Waals surface area contributed by atoms with Gasteiger partial charge < -0.3 is 11.1 Å². The van der Waals surface area contributed by atoms with E-state index in [4.69, 9.17) is 5.73 Å². The number of benzene rings is 3. The van der Waals surface area contributed by atoms with E-state index in [0.717, 1.165) is 28.6 Å². The maximum absolute atomic E-state index is 13.0. The number of rotatable bonds is 4. The minimum Gasteiger partial charge on any atom is -0.398 e. The molecule has 4 nitrogen and oxygen atoms in total. The van der Waals surface area contributed by atoms with Crippen molar-refractivity contribution in [2.75, 3.05) is 11.1 Å². The Bertz CT molecular complexity index is 1260. The van der Waals surface area contributed by atoms with E-state index >= 15 is 0 Å². The van der Waals surface area contributed by atoms with E-state index in [1.807, 2.05) is 30.3 Å². The smallest absolute Gasteiger partial charge is 0.398 e. The van der Waals surface area contributed by atoms with Crippen LogP contribution in [0.1, 0.15) is 27.0 Å². The number of carbonyl (C=O) groups excluding carboxylic acids is 1. The van der Waals surface area contributed by atoms with Gasteiger partial charge in [-0.25, -0.2) is 0 Å². The standard InChI is InChI=1S/C24H18F3N3O/c25-24(26,27)16-5-3-6-17(14-16)30-23(31)19-8-4-9-21(28)20(19)13-15-11-12-29-22-10-2-1-7-18(15)22/h1-12,14H,13,28H2,(H,30,31). The van der Waals surface area contributed by atoms with Crippen LogP contribution in [0.5, 0.6) is 0 Å². The van der Waals surface area contributed by atoms with Crippen LogP contribution >= 0.6 is 0 Å². The molecule has 4 rings (SSSR count). The highest BCUT2D eigenvalue weighted by atomic mass is 19.4. The van der Waals surface area contributed by atoms with Gasteiger partial charge in [-0.2, -0.15) is 13.2 Å². The molecule has 0 aliphatic carbocycles. The van der Waals surface area contributed by atoms with Crippen molar-refractivity contribution in [3.05, 3.63) is 101 Å². The van der Waals surface area contributed by atoms with Crippen molar-refractivity contribution in [2.45, 2.75) is 12.6 Å². The zero-order valence-electron chi connectivity index (χ0n) is 16.3. The molecule has 3 aromatic carbocycles. The molecule has 3 N–H and O–H groups in total. The normalized spacial score (nSPS) is 11.5. The summed E-state index contributed by atoms with van der Waals surface area (Å²) in [4.78, 5) is 17.3. The van der Waals surface area contributed by atoms with Crippen molar-refractivity contribution >= 4 is 28.2 Å². The summed E-state index contributed by atoms with van der Waals surface area (Å²) in [6.07, 6.45) is -2.42. The SMILES string of the molecule is Nc1cccc(C(=O)Nc2cccc(C(F)(F)F)c2)c1Cc1ccnc2ccccc12. The quantitative estimate of drug-likeness (QED) is 0.417. The molecule has 0 saturated heterocycles. The van der Waals surface area contributed by atoms with Crippen LogP contribution in [0.2, 0.25) is 0 Å². The molecule has 0 unspecified atom stereocenters. The third-order valence-electron chi connectivity index (χ3n) is 5.01. The highest BCUT2D eigenvalue weighted by Crippen LogP contribution is 2.31. The molecule has 4 aromatic rings. The first-order valence-corrected chi connectivity index (χ1v) is 9.51. The van der Waals surface area contributed by atoms with Crippen LogP contribution in [-0.4, -0.2) is 10.9 Å². The Hall–Kier alpha value is -3.87. The van der Waals surface area contributed by atoms with Gasteiger partial charge in [0.25, 0.3) is 5.91 Å². The highest BCUT2D eigenvalue weighted by molar-refractivity contribution is 6.06. The van der Waals surface area contributed by atoms with Crippen molar-refractivity contribution in [3.63, 3.8) is 0 Å². The summed E-state index contributed by atoms with van der Waals surface area (Å²) in [5.41, 5.74) is 8.50. The Labute approximate surface area is 176 Å². The van der Waals surface area contributed by atoms with Gasteiger partial charge in [-0.3, -0.25) is 9.78 Å². The maximum atomic E-state index is 13.0. The number of para-hydroxylation sites is 1. The number of pyridine rings is 1. The zero-order chi connectivity index (χ0) is 22.0. The summed E-state index contributed by atoms with van der Waals surface area (Å²) >= 11 is 0. The van der Waals surface area contributed by atoms with Gasteiger partial charge in [0, 0.05) is 34.9 Å². The molecule has 0 saturated carbocycles. The molecule has 7 heteroatoms. The van der Waals surface area contributed by atoms with E-state index in [1.165, 1.54) is 12.1 Å². The van der Waals surface area contributed by atoms with Crippen molar-refractivity contribution in [3.8, 4) is 0 Å². The van der Waals surface area contributed by atoms with E-state index in [0.29, 0.717) is 23.2 Å². The number of alkyl halides is 3. The number of anilines is 2. The molecule has 1 amide bonds. The van der Waals surface area contributed by atoms with Crippen LogP contribution in [0.15, 0.2) is 79.0 Å². The van der Waals surface area contributed by atoms with Gasteiger partial charge in [-0.05, 0) is 53.6 Å². The van der Waals surface area contributed by atoms with Crippen LogP contribution in [0.25, 0.3) is 10.9 Å². The number of fused-ring (bicyclic) bond motifs is 1. The van der Waals surface area contributed by atoms with Crippen LogP contribution in [0, 0.1) is 0 Å². The molecular weight excluding hydrogens is 403 g/mol. The Morgan fingerprint density at radius 1 is 0.968 bits per heavy atom. The molecule has 0 radical (unpaired) electrons. The second kappa shape index (κ2) is 8.10. The van der Waals surface area contributed by atoms with E-state index in [1.54, 1.807) is 24.4 Å². The summed E-state index contributed by atoms with van der Waals surface area (Å²) in [5.74, 6) is -0.528. The molecule has 156 valence electrons. The molecule has 31 heavy (non-hydrogen) atoms. The van der Waals surface area contributed by atoms with Crippen LogP contribution in [0.4, 0.5) is 24.5 Å². The number of nitrogens with zero attached hydrogens (tertiary/aromatic N) is 1. The number of aromatic nitrogens is 1. The minimum atomic E-state index is -4.49. The van der Waals surface area contributed by atoms with Gasteiger partial charge in [0.1, 0.15) is 0 Å². The molecule has 0 atom stereocenters. The molecule has 0 aliphatic rings. The van der Waals surface area contributed by atoms with E-state index in [9.17, 15) is 18.0 Å². The Morgan fingerprint density at radius 2 is 1.74 bits per heavy atom. The molecule has 0 fully saturated rings. The molecule has 1 heterocycles. The zero-order valence-corrected chi connectivity index (χ0v) is 16.3. The summed E-state index contributed by atoms with van der Waals surface area (Å²) < 4.78 is 38.9. The van der Waals surface area contributed by atoms with Crippen LogP contribution < -0.4 is 11.1 Å². The average molecular weight is 421 g/mol. The Kier molecular flexibility index (Phi) is 5.33. The first kappa shape index (κ1) is 20.4. The van der Waals surface area contributed by atoms with Crippen LogP contribution in [-0.2, 0) is 12.6 Å². The molecule has 0 aliphatic heterocycles. The Balaban J connectivity index is 1.67. The molecular formula is C24H18F3N3O. The van der Waals surface area contributed by atoms with Gasteiger partial charge in [-0.1, -0.05) is 30.3 Å². The summed E-state index contributed by atoms with van der Waals surface area (Å²) in [6.45, 7) is 0. The van der Waals surface area contributed by atoms with E-state index in [2.05, 4.69) is 10.3 Å². The number of nitrogen functional groups attached to an aromatic ring is 1. The fourth-order valence-electron chi connectivity index (χ4n) is 3.49. The lowest BCUT2D eigenvalue weighted by molar-refractivity contribution is -0.137. The molecule has 0 spiro atoms. The second-order valence-corrected chi connectivity index (χ2v) is 7.07. The summed E-state index contributed by atoms with van der Waals surface area (Å²) in [7, 11) is 0. The minimum absolute atomic E-state index is 0.0579. The van der Waals surface area contributed by atoms with E-state index in [-0.39, 0.29) is 5.69 Å². The lowest BCUT2D eigenvalue weighted by Gasteiger charge is -2.15. The first-order valence-electron chi connectivity index (χ1n) is 9.51. The number of hydrogen-bond donors (Lipinski definition) is 2. The number of amides is 1. The molecule has 1 aromatic heterocycles. The summed E-state index contributed by atoms with van der Waals surface area (Å²) in [5, 5.41) is 3.50. The van der Waals surface area contributed by atoms with Crippen molar-refractivity contribution in [2.24, 2.45) is 0 Å². The maximum Gasteiger partial charge on any atom is 0.416 e. The van der Waals surface area contributed by atoms with E-state index < -0.39 is 17.6 Å². The highest BCUT2D eigenvalue weighted by Gasteiger charge is 2.30. The lowest BCUT2D eigenvalue weighted by atomic mass is 9.95. The predicted octanol–water partition coefficient (Wildman–Crippen LogP) is 5.68. The number of carbonyl (C=O) groups is 1. The number of nitrogens with one attached hydrogen (secondary N) is 1. The third-order valence-corrected chi connectivity index (χ3v) is 5.01. The van der Waals surface area contributed by atoms with Gasteiger partial charge in [0.15, 0.2) is 0 Å². The second-order valence-electron chi connectivity index (χ2n) is 7.07. The van der Waals surface area contributed by atoms with Gasteiger partial charge in [0.2, 0.25) is 0 Å². The summed E-state index contributed by atoms with van der Waals surface area (Å²) in [6, 6.07) is 19.0. The number of hydrogen-bond acceptors (Lipinski definition) is 3. The largest absolute Gasteiger partial charge is 0.416 e. The van der Waals surface area contributed by atoms with Crippen molar-refractivity contribution in [1.82, 2.24) is 4.98 Å². The lowest BCUT2D eigenvalue weighted by Crippen LogP contribution is -2.16. The third kappa shape index (κ3) is 4.35. The van der Waals surface area contributed by atoms with Gasteiger partial charge in [0.05, 0.1) is 11.1 Å². The van der Waals surface area contributed by atoms with Gasteiger partial charge >= 0.3 is 6.18 Å². The molecule has 0 bridgehead atoms.